The quantitative estimate of drug-likeness (QED) is 0.530. The zero-order valence-electron chi connectivity index (χ0n) is 15.2. The van der Waals surface area contributed by atoms with Gasteiger partial charge < -0.3 is 9.47 Å². The van der Waals surface area contributed by atoms with Crippen molar-refractivity contribution in [1.82, 2.24) is 0 Å². The van der Waals surface area contributed by atoms with Crippen molar-refractivity contribution < 1.29 is 14.3 Å². The van der Waals surface area contributed by atoms with Crippen molar-refractivity contribution >= 4 is 6.16 Å². The molecule has 2 aliphatic carbocycles. The summed E-state index contributed by atoms with van der Waals surface area (Å²) in [6, 6.07) is 0. The van der Waals surface area contributed by atoms with Crippen LogP contribution in [0.15, 0.2) is 0 Å². The summed E-state index contributed by atoms with van der Waals surface area (Å²) in [4.78, 5) is 11.4. The zero-order chi connectivity index (χ0) is 16.5. The average molecular weight is 325 g/mol. The minimum absolute atomic E-state index is 0.0924. The predicted molar refractivity (Wildman–Crippen MR) is 93.4 cm³/mol. The summed E-state index contributed by atoms with van der Waals surface area (Å²) in [6.07, 6.45) is 15.6. The van der Waals surface area contributed by atoms with E-state index < -0.39 is 6.16 Å². The Balaban J connectivity index is 1.56. The third-order valence-electron chi connectivity index (χ3n) is 5.97. The first-order valence-corrected chi connectivity index (χ1v) is 10.0. The van der Waals surface area contributed by atoms with Gasteiger partial charge >= 0.3 is 6.16 Å². The molecule has 0 heterocycles. The summed E-state index contributed by atoms with van der Waals surface area (Å²) < 4.78 is 10.2. The van der Waals surface area contributed by atoms with Crippen molar-refractivity contribution in [2.75, 3.05) is 6.61 Å². The summed E-state index contributed by atoms with van der Waals surface area (Å²) in [5.41, 5.74) is 0. The minimum Gasteiger partial charge on any atom is -0.435 e. The summed E-state index contributed by atoms with van der Waals surface area (Å²) in [6.45, 7) is 4.52. The van der Waals surface area contributed by atoms with Crippen LogP contribution in [0.25, 0.3) is 0 Å². The summed E-state index contributed by atoms with van der Waals surface area (Å²) in [5, 5.41) is 0. The minimum atomic E-state index is -0.486. The SMILES string of the molecule is CCC[C@H]1CC[C@H](CC[C@H]2CC[C@H](OC(=O)OCC)CC2)CC1. The summed E-state index contributed by atoms with van der Waals surface area (Å²) in [7, 11) is 0. The van der Waals surface area contributed by atoms with Crippen LogP contribution in [0.2, 0.25) is 0 Å². The molecule has 0 radical (unpaired) electrons. The molecule has 2 rings (SSSR count). The van der Waals surface area contributed by atoms with E-state index in [2.05, 4.69) is 6.92 Å². The zero-order valence-corrected chi connectivity index (χ0v) is 15.2. The van der Waals surface area contributed by atoms with Gasteiger partial charge in [-0.3, -0.25) is 0 Å². The van der Waals surface area contributed by atoms with Gasteiger partial charge in [0, 0.05) is 0 Å². The molecule has 0 saturated heterocycles. The van der Waals surface area contributed by atoms with E-state index in [-0.39, 0.29) is 6.10 Å². The van der Waals surface area contributed by atoms with Gasteiger partial charge in [0.25, 0.3) is 0 Å². The van der Waals surface area contributed by atoms with Crippen molar-refractivity contribution in [1.29, 1.82) is 0 Å². The molecule has 3 nitrogen and oxygen atoms in total. The van der Waals surface area contributed by atoms with Crippen LogP contribution in [0.3, 0.4) is 0 Å². The van der Waals surface area contributed by atoms with Crippen LogP contribution < -0.4 is 0 Å². The van der Waals surface area contributed by atoms with E-state index in [1.807, 2.05) is 6.92 Å². The van der Waals surface area contributed by atoms with Gasteiger partial charge in [-0.2, -0.15) is 0 Å². The lowest BCUT2D eigenvalue weighted by Crippen LogP contribution is -2.25. The molecule has 2 fully saturated rings. The standard InChI is InChI=1S/C20H36O3/c1-3-5-16-6-8-17(9-7-16)10-11-18-12-14-19(15-13-18)23-20(21)22-4-2/h16-19H,3-15H2,1-2H3/t16-,17-,18-,19-. The highest BCUT2D eigenvalue weighted by Gasteiger charge is 2.26. The molecular weight excluding hydrogens is 288 g/mol. The van der Waals surface area contributed by atoms with Gasteiger partial charge in [-0.25, -0.2) is 4.79 Å². The highest BCUT2D eigenvalue weighted by atomic mass is 16.7. The van der Waals surface area contributed by atoms with Crippen LogP contribution in [0.4, 0.5) is 4.79 Å². The van der Waals surface area contributed by atoms with Gasteiger partial charge in [-0.05, 0) is 50.4 Å². The Hall–Kier alpha value is -0.730. The highest BCUT2D eigenvalue weighted by Crippen LogP contribution is 2.36. The molecule has 0 aromatic rings. The van der Waals surface area contributed by atoms with Crippen LogP contribution in [-0.2, 0) is 9.47 Å². The smallest absolute Gasteiger partial charge is 0.435 e. The molecule has 0 aromatic carbocycles. The molecule has 0 spiro atoms. The fraction of sp³-hybridized carbons (Fsp3) is 0.950. The van der Waals surface area contributed by atoms with Gasteiger partial charge in [-0.15, -0.1) is 0 Å². The first-order valence-electron chi connectivity index (χ1n) is 10.0. The molecular formula is C20H36O3. The van der Waals surface area contributed by atoms with Crippen molar-refractivity contribution in [3.05, 3.63) is 0 Å². The van der Waals surface area contributed by atoms with Crippen LogP contribution in [0.1, 0.15) is 90.9 Å². The van der Waals surface area contributed by atoms with Crippen molar-refractivity contribution in [2.24, 2.45) is 17.8 Å². The lowest BCUT2D eigenvalue weighted by molar-refractivity contribution is 0.00713. The molecule has 0 amide bonds. The van der Waals surface area contributed by atoms with Crippen LogP contribution >= 0.6 is 0 Å². The van der Waals surface area contributed by atoms with Crippen molar-refractivity contribution in [3.8, 4) is 0 Å². The first-order chi connectivity index (χ1) is 11.2. The van der Waals surface area contributed by atoms with E-state index in [0.717, 1.165) is 30.6 Å². The lowest BCUT2D eigenvalue weighted by atomic mass is 9.76. The molecule has 0 bridgehead atoms. The molecule has 0 N–H and O–H groups in total. The number of rotatable bonds is 7. The van der Waals surface area contributed by atoms with Crippen molar-refractivity contribution in [2.45, 2.75) is 97.0 Å². The van der Waals surface area contributed by atoms with E-state index in [0.29, 0.717) is 6.61 Å². The maximum atomic E-state index is 11.4. The lowest BCUT2D eigenvalue weighted by Gasteiger charge is -2.31. The number of hydrogen-bond donors (Lipinski definition) is 0. The van der Waals surface area contributed by atoms with Crippen LogP contribution in [-0.4, -0.2) is 18.9 Å². The van der Waals surface area contributed by atoms with Crippen molar-refractivity contribution in [3.63, 3.8) is 0 Å². The Morgan fingerprint density at radius 3 is 1.74 bits per heavy atom. The van der Waals surface area contributed by atoms with E-state index in [4.69, 9.17) is 9.47 Å². The Labute approximate surface area is 142 Å². The number of carbonyl (C=O) groups excluding carboxylic acids is 1. The molecule has 3 heteroatoms. The maximum absolute atomic E-state index is 11.4. The second-order valence-electron chi connectivity index (χ2n) is 7.70. The fourth-order valence-corrected chi connectivity index (χ4v) is 4.51. The van der Waals surface area contributed by atoms with E-state index in [1.54, 1.807) is 0 Å². The topological polar surface area (TPSA) is 35.5 Å². The molecule has 0 atom stereocenters. The summed E-state index contributed by atoms with van der Waals surface area (Å²) >= 11 is 0. The third kappa shape index (κ3) is 6.73. The molecule has 134 valence electrons. The van der Waals surface area contributed by atoms with Gasteiger partial charge in [0.1, 0.15) is 6.10 Å². The highest BCUT2D eigenvalue weighted by molar-refractivity contribution is 5.60. The Bertz CT molecular complexity index is 326. The predicted octanol–water partition coefficient (Wildman–Crippen LogP) is 6.11. The van der Waals surface area contributed by atoms with Gasteiger partial charge in [0.05, 0.1) is 6.61 Å². The normalized spacial score (nSPS) is 31.6. The van der Waals surface area contributed by atoms with E-state index in [9.17, 15) is 4.79 Å². The molecule has 2 aliphatic rings. The second kappa shape index (κ2) is 10.2. The Morgan fingerprint density at radius 1 is 0.783 bits per heavy atom. The molecule has 23 heavy (non-hydrogen) atoms. The van der Waals surface area contributed by atoms with E-state index in [1.165, 1.54) is 64.2 Å². The molecule has 0 aliphatic heterocycles. The van der Waals surface area contributed by atoms with Gasteiger partial charge in [0.15, 0.2) is 0 Å². The van der Waals surface area contributed by atoms with Gasteiger partial charge in [0.2, 0.25) is 0 Å². The third-order valence-corrected chi connectivity index (χ3v) is 5.97. The van der Waals surface area contributed by atoms with Gasteiger partial charge in [-0.1, -0.05) is 58.3 Å². The number of ether oxygens (including phenoxy) is 2. The maximum Gasteiger partial charge on any atom is 0.508 e. The van der Waals surface area contributed by atoms with E-state index >= 15 is 0 Å². The molecule has 2 saturated carbocycles. The Kier molecular flexibility index (Phi) is 8.25. The monoisotopic (exact) mass is 324 g/mol. The number of hydrogen-bond acceptors (Lipinski definition) is 3. The molecule has 0 unspecified atom stereocenters. The number of carbonyl (C=O) groups is 1. The fourth-order valence-electron chi connectivity index (χ4n) is 4.51. The first kappa shape index (κ1) is 18.6. The Morgan fingerprint density at radius 2 is 1.26 bits per heavy atom. The van der Waals surface area contributed by atoms with Crippen LogP contribution in [0, 0.1) is 17.8 Å². The molecule has 0 aromatic heterocycles. The summed E-state index contributed by atoms with van der Waals surface area (Å²) in [5.74, 6) is 2.86. The average Bonchev–Trinajstić information content (AvgIpc) is 2.56. The second-order valence-corrected chi connectivity index (χ2v) is 7.70. The largest absolute Gasteiger partial charge is 0.508 e. The van der Waals surface area contributed by atoms with Crippen LogP contribution in [0.5, 0.6) is 0 Å².